The van der Waals surface area contributed by atoms with Gasteiger partial charge in [0.15, 0.2) is 0 Å². The number of alkyl halides is 1. The fourth-order valence-corrected chi connectivity index (χ4v) is 1.46. The van der Waals surface area contributed by atoms with Gasteiger partial charge >= 0.3 is 0 Å². The highest BCUT2D eigenvalue weighted by molar-refractivity contribution is 14.1. The molecule has 0 bridgehead atoms. The largest absolute Gasteiger partial charge is 0.273 e. The van der Waals surface area contributed by atoms with Crippen molar-refractivity contribution in [2.75, 3.05) is 0 Å². The number of halogens is 1. The smallest absolute Gasteiger partial charge is 0.244 e. The molecule has 0 aromatic carbocycles. The lowest BCUT2D eigenvalue weighted by atomic mass is 10.2. The van der Waals surface area contributed by atoms with Gasteiger partial charge in [-0.3, -0.25) is 4.79 Å². The van der Waals surface area contributed by atoms with E-state index in [0.29, 0.717) is 6.42 Å². The Morgan fingerprint density at radius 2 is 2.45 bits per heavy atom. The molecule has 1 rings (SSSR count). The fourth-order valence-electron chi connectivity index (χ4n) is 0.943. The highest BCUT2D eigenvalue weighted by Gasteiger charge is 2.22. The Kier molecular flexibility index (Phi) is 2.86. The SMILES string of the molecule is CC(C)N1N=CC(I)CC1=O. The number of hydrogen-bond acceptors (Lipinski definition) is 2. The first-order chi connectivity index (χ1) is 5.11. The Labute approximate surface area is 80.0 Å². The number of nitrogens with zero attached hydrogens (tertiary/aromatic N) is 2. The van der Waals surface area contributed by atoms with E-state index < -0.39 is 0 Å². The van der Waals surface area contributed by atoms with Crippen LogP contribution in [0.3, 0.4) is 0 Å². The summed E-state index contributed by atoms with van der Waals surface area (Å²) in [6.45, 7) is 3.92. The first-order valence-electron chi connectivity index (χ1n) is 3.61. The molecule has 0 radical (unpaired) electrons. The zero-order valence-corrected chi connectivity index (χ0v) is 8.78. The number of hydrazone groups is 1. The number of carbonyl (C=O) groups is 1. The molecule has 0 spiro atoms. The van der Waals surface area contributed by atoms with Crippen LogP contribution in [0.4, 0.5) is 0 Å². The molecule has 1 amide bonds. The van der Waals surface area contributed by atoms with Crippen LogP contribution in [-0.2, 0) is 4.79 Å². The molecule has 0 saturated carbocycles. The highest BCUT2D eigenvalue weighted by atomic mass is 127. The molecule has 1 heterocycles. The predicted octanol–water partition coefficient (Wildman–Crippen LogP) is 1.42. The Bertz CT molecular complexity index is 191. The Balaban J connectivity index is 2.68. The van der Waals surface area contributed by atoms with Gasteiger partial charge in [0.05, 0.1) is 3.92 Å². The minimum Gasteiger partial charge on any atom is -0.273 e. The van der Waals surface area contributed by atoms with E-state index in [1.165, 1.54) is 5.01 Å². The predicted molar refractivity (Wildman–Crippen MR) is 52.9 cm³/mol. The van der Waals surface area contributed by atoms with Gasteiger partial charge in [-0.15, -0.1) is 0 Å². The zero-order valence-electron chi connectivity index (χ0n) is 6.62. The van der Waals surface area contributed by atoms with E-state index in [1.807, 2.05) is 20.1 Å². The molecule has 0 fully saturated rings. The summed E-state index contributed by atoms with van der Waals surface area (Å²) in [5.74, 6) is 0.127. The molecule has 0 aromatic rings. The van der Waals surface area contributed by atoms with Crippen molar-refractivity contribution in [2.24, 2.45) is 5.10 Å². The van der Waals surface area contributed by atoms with Crippen LogP contribution in [0.5, 0.6) is 0 Å². The van der Waals surface area contributed by atoms with Gasteiger partial charge in [0, 0.05) is 18.7 Å². The number of rotatable bonds is 1. The Morgan fingerprint density at radius 1 is 1.82 bits per heavy atom. The van der Waals surface area contributed by atoms with Gasteiger partial charge in [-0.1, -0.05) is 22.6 Å². The van der Waals surface area contributed by atoms with Crippen molar-refractivity contribution in [2.45, 2.75) is 30.2 Å². The second kappa shape index (κ2) is 3.51. The van der Waals surface area contributed by atoms with Crippen LogP contribution in [0, 0.1) is 0 Å². The normalized spacial score (nSPS) is 24.9. The first-order valence-corrected chi connectivity index (χ1v) is 4.86. The summed E-state index contributed by atoms with van der Waals surface area (Å²) in [7, 11) is 0. The monoisotopic (exact) mass is 266 g/mol. The molecule has 62 valence electrons. The van der Waals surface area contributed by atoms with Crippen LogP contribution in [-0.4, -0.2) is 27.1 Å². The molecule has 1 aliphatic heterocycles. The lowest BCUT2D eigenvalue weighted by molar-refractivity contribution is -0.133. The molecule has 1 unspecified atom stereocenters. The Morgan fingerprint density at radius 3 is 2.91 bits per heavy atom. The second-order valence-electron chi connectivity index (χ2n) is 2.82. The van der Waals surface area contributed by atoms with E-state index in [0.717, 1.165) is 0 Å². The third kappa shape index (κ3) is 2.15. The van der Waals surface area contributed by atoms with E-state index in [2.05, 4.69) is 27.7 Å². The van der Waals surface area contributed by atoms with E-state index >= 15 is 0 Å². The summed E-state index contributed by atoms with van der Waals surface area (Å²) in [5, 5.41) is 5.58. The summed E-state index contributed by atoms with van der Waals surface area (Å²) in [6.07, 6.45) is 2.41. The molecule has 0 aliphatic carbocycles. The standard InChI is InChI=1S/C7H11IN2O/c1-5(2)10-7(11)3-6(8)4-9-10/h4-6H,3H2,1-2H3. The molecular weight excluding hydrogens is 255 g/mol. The van der Waals surface area contributed by atoms with Crippen LogP contribution >= 0.6 is 22.6 Å². The van der Waals surface area contributed by atoms with Gasteiger partial charge in [-0.2, -0.15) is 5.10 Å². The average molecular weight is 266 g/mol. The maximum absolute atomic E-state index is 11.3. The van der Waals surface area contributed by atoms with Crippen LogP contribution in [0.15, 0.2) is 5.10 Å². The van der Waals surface area contributed by atoms with Crippen LogP contribution in [0.25, 0.3) is 0 Å². The van der Waals surface area contributed by atoms with Crippen molar-refractivity contribution in [3.05, 3.63) is 0 Å². The summed E-state index contributed by atoms with van der Waals surface area (Å²) >= 11 is 2.21. The molecule has 4 heteroatoms. The number of amides is 1. The van der Waals surface area contributed by atoms with E-state index in [9.17, 15) is 4.79 Å². The van der Waals surface area contributed by atoms with Crippen molar-refractivity contribution in [3.63, 3.8) is 0 Å². The molecule has 0 aromatic heterocycles. The van der Waals surface area contributed by atoms with Gasteiger partial charge in [-0.25, -0.2) is 5.01 Å². The first kappa shape index (κ1) is 8.96. The average Bonchev–Trinajstić information content (AvgIpc) is 1.85. The van der Waals surface area contributed by atoms with Gasteiger partial charge in [-0.05, 0) is 13.8 Å². The maximum Gasteiger partial charge on any atom is 0.244 e. The topological polar surface area (TPSA) is 32.7 Å². The van der Waals surface area contributed by atoms with Crippen LogP contribution < -0.4 is 0 Å². The zero-order chi connectivity index (χ0) is 8.43. The molecule has 11 heavy (non-hydrogen) atoms. The highest BCUT2D eigenvalue weighted by Crippen LogP contribution is 2.14. The van der Waals surface area contributed by atoms with Gasteiger partial charge in [0.2, 0.25) is 5.91 Å². The molecule has 1 aliphatic rings. The molecule has 0 N–H and O–H groups in total. The third-order valence-corrected chi connectivity index (χ3v) is 2.23. The minimum atomic E-state index is 0.127. The van der Waals surface area contributed by atoms with E-state index in [1.54, 1.807) is 0 Å². The van der Waals surface area contributed by atoms with Crippen LogP contribution in [0.1, 0.15) is 20.3 Å². The molecule has 3 nitrogen and oxygen atoms in total. The van der Waals surface area contributed by atoms with E-state index in [4.69, 9.17) is 0 Å². The molecule has 0 saturated heterocycles. The molecule has 1 atom stereocenters. The van der Waals surface area contributed by atoms with Crippen LogP contribution in [0.2, 0.25) is 0 Å². The quantitative estimate of drug-likeness (QED) is 0.522. The lowest BCUT2D eigenvalue weighted by Gasteiger charge is -2.25. The maximum atomic E-state index is 11.3. The van der Waals surface area contributed by atoms with Crippen molar-refractivity contribution in [3.8, 4) is 0 Å². The fraction of sp³-hybridized carbons (Fsp3) is 0.714. The second-order valence-corrected chi connectivity index (χ2v) is 4.42. The summed E-state index contributed by atoms with van der Waals surface area (Å²) in [4.78, 5) is 11.3. The molecular formula is C7H11IN2O. The minimum absolute atomic E-state index is 0.127. The van der Waals surface area contributed by atoms with Gasteiger partial charge in [0.25, 0.3) is 0 Å². The summed E-state index contributed by atoms with van der Waals surface area (Å²) in [5.41, 5.74) is 0. The lowest BCUT2D eigenvalue weighted by Crippen LogP contribution is -2.37. The van der Waals surface area contributed by atoms with Gasteiger partial charge in [0.1, 0.15) is 0 Å². The van der Waals surface area contributed by atoms with E-state index in [-0.39, 0.29) is 15.9 Å². The van der Waals surface area contributed by atoms with Gasteiger partial charge < -0.3 is 0 Å². The number of hydrogen-bond donors (Lipinski definition) is 0. The number of carbonyl (C=O) groups excluding carboxylic acids is 1. The van der Waals surface area contributed by atoms with Crippen molar-refractivity contribution >= 4 is 34.7 Å². The Hall–Kier alpha value is -0.130. The summed E-state index contributed by atoms with van der Waals surface area (Å²) in [6, 6.07) is 0.183. The third-order valence-electron chi connectivity index (χ3n) is 1.47. The van der Waals surface area contributed by atoms with Crippen molar-refractivity contribution in [1.82, 2.24) is 5.01 Å². The van der Waals surface area contributed by atoms with Crippen molar-refractivity contribution < 1.29 is 4.79 Å². The summed E-state index contributed by atoms with van der Waals surface area (Å²) < 4.78 is 0.273. The van der Waals surface area contributed by atoms with Crippen molar-refractivity contribution in [1.29, 1.82) is 0 Å².